The van der Waals surface area contributed by atoms with Crippen LogP contribution in [0, 0.1) is 5.92 Å². The zero-order valence-electron chi connectivity index (χ0n) is 15.4. The number of benzene rings is 1. The summed E-state index contributed by atoms with van der Waals surface area (Å²) in [5.41, 5.74) is 2.10. The summed E-state index contributed by atoms with van der Waals surface area (Å²) in [7, 11) is 1.89. The molecule has 4 rings (SSSR count). The maximum atomic E-state index is 13.0. The van der Waals surface area contributed by atoms with E-state index in [2.05, 4.69) is 21.5 Å². The number of nitrogens with zero attached hydrogens (tertiary/aromatic N) is 4. The molecule has 1 aliphatic rings. The average Bonchev–Trinajstić information content (AvgIpc) is 3.03. The summed E-state index contributed by atoms with van der Waals surface area (Å²) in [6, 6.07) is 8.00. The van der Waals surface area contributed by atoms with Crippen molar-refractivity contribution < 1.29 is 9.18 Å². The van der Waals surface area contributed by atoms with Crippen molar-refractivity contribution in [3.8, 4) is 11.1 Å². The predicted octanol–water partition coefficient (Wildman–Crippen LogP) is 2.86. The Morgan fingerprint density at radius 2 is 2.07 bits per heavy atom. The number of anilines is 1. The van der Waals surface area contributed by atoms with Gasteiger partial charge in [-0.1, -0.05) is 12.1 Å². The van der Waals surface area contributed by atoms with Gasteiger partial charge in [-0.3, -0.25) is 14.4 Å². The highest BCUT2D eigenvalue weighted by atomic mass is 19.1. The molecular weight excluding hydrogens is 345 g/mol. The Labute approximate surface area is 157 Å². The van der Waals surface area contributed by atoms with Crippen LogP contribution in [0.15, 0.2) is 42.9 Å². The van der Waals surface area contributed by atoms with Crippen LogP contribution in [-0.2, 0) is 11.8 Å². The predicted molar refractivity (Wildman–Crippen MR) is 103 cm³/mol. The van der Waals surface area contributed by atoms with Crippen LogP contribution in [0.2, 0.25) is 0 Å². The van der Waals surface area contributed by atoms with Crippen molar-refractivity contribution in [1.82, 2.24) is 19.7 Å². The van der Waals surface area contributed by atoms with Gasteiger partial charge in [0.05, 0.1) is 12.1 Å². The normalized spacial score (nSPS) is 16.3. The minimum absolute atomic E-state index is 0.0620. The molecule has 27 heavy (non-hydrogen) atoms. The van der Waals surface area contributed by atoms with Gasteiger partial charge in [0.1, 0.15) is 12.0 Å². The number of halogens is 1. The van der Waals surface area contributed by atoms with Gasteiger partial charge in [-0.15, -0.1) is 0 Å². The number of alkyl halides is 1. The number of hydrogen-bond acceptors (Lipinski definition) is 4. The number of aromatic nitrogens is 3. The van der Waals surface area contributed by atoms with Gasteiger partial charge in [0, 0.05) is 50.0 Å². The number of amides is 1. The lowest BCUT2D eigenvalue weighted by molar-refractivity contribution is -0.125. The molecule has 2 aromatic heterocycles. The lowest BCUT2D eigenvalue weighted by atomic mass is 9.99. The Bertz CT molecular complexity index is 977. The van der Waals surface area contributed by atoms with Crippen molar-refractivity contribution in [3.05, 3.63) is 42.9 Å². The van der Waals surface area contributed by atoms with Crippen LogP contribution in [0.1, 0.15) is 6.92 Å². The van der Waals surface area contributed by atoms with Crippen molar-refractivity contribution in [3.63, 3.8) is 0 Å². The Hall–Kier alpha value is -2.80. The molecule has 1 atom stereocenters. The lowest BCUT2D eigenvalue weighted by Crippen LogP contribution is -2.53. The van der Waals surface area contributed by atoms with Gasteiger partial charge < -0.3 is 5.32 Å². The molecule has 1 fully saturated rings. The molecule has 140 valence electrons. The molecule has 0 radical (unpaired) electrons. The van der Waals surface area contributed by atoms with Crippen LogP contribution in [0.5, 0.6) is 0 Å². The van der Waals surface area contributed by atoms with Gasteiger partial charge >= 0.3 is 0 Å². The first kappa shape index (κ1) is 17.6. The Balaban J connectivity index is 1.47. The third-order valence-electron chi connectivity index (χ3n) is 4.85. The second kappa shape index (κ2) is 7.08. The molecule has 7 heteroatoms. The summed E-state index contributed by atoms with van der Waals surface area (Å²) < 4.78 is 14.8. The third-order valence-corrected chi connectivity index (χ3v) is 4.85. The molecule has 1 aliphatic heterocycles. The molecule has 6 nitrogen and oxygen atoms in total. The van der Waals surface area contributed by atoms with E-state index in [-0.39, 0.29) is 11.8 Å². The largest absolute Gasteiger partial charge is 0.310 e. The molecule has 0 spiro atoms. The lowest BCUT2D eigenvalue weighted by Gasteiger charge is -2.38. The first-order chi connectivity index (χ1) is 13.0. The van der Waals surface area contributed by atoms with Crippen molar-refractivity contribution >= 4 is 22.5 Å². The topological polar surface area (TPSA) is 63.1 Å². The van der Waals surface area contributed by atoms with Crippen LogP contribution >= 0.6 is 0 Å². The number of fused-ring (bicyclic) bond motifs is 1. The fraction of sp³-hybridized carbons (Fsp3) is 0.350. The van der Waals surface area contributed by atoms with E-state index in [4.69, 9.17) is 0 Å². The van der Waals surface area contributed by atoms with Crippen LogP contribution in [0.4, 0.5) is 10.2 Å². The van der Waals surface area contributed by atoms with E-state index in [1.165, 1.54) is 6.92 Å². The van der Waals surface area contributed by atoms with E-state index in [9.17, 15) is 9.18 Å². The Kier molecular flexibility index (Phi) is 4.61. The second-order valence-electron chi connectivity index (χ2n) is 7.22. The summed E-state index contributed by atoms with van der Waals surface area (Å²) >= 11 is 0. The standard InChI is InChI=1S/C20H22FN5O/c1-13(21)9-26-11-18(12-26)20(27)24-19-6-16-5-14(3-4-15(16)7-22-19)17-8-23-25(2)10-17/h3-8,10,13,18H,9,11-12H2,1-2H3,(H,22,24,27). The molecule has 0 aliphatic carbocycles. The molecule has 0 saturated carbocycles. The number of carbonyl (C=O) groups is 1. The van der Waals surface area contributed by atoms with Gasteiger partial charge in [0.2, 0.25) is 5.91 Å². The van der Waals surface area contributed by atoms with Gasteiger partial charge in [-0.05, 0) is 30.0 Å². The van der Waals surface area contributed by atoms with E-state index in [0.717, 1.165) is 21.9 Å². The van der Waals surface area contributed by atoms with Crippen molar-refractivity contribution in [1.29, 1.82) is 0 Å². The SMILES string of the molecule is CC(F)CN1CC(C(=O)Nc2cc3cc(-c4cnn(C)c4)ccc3cn2)C1. The van der Waals surface area contributed by atoms with Gasteiger partial charge in [0.15, 0.2) is 0 Å². The number of hydrogen-bond donors (Lipinski definition) is 1. The smallest absolute Gasteiger partial charge is 0.231 e. The molecule has 1 N–H and O–H groups in total. The summed E-state index contributed by atoms with van der Waals surface area (Å²) in [6.07, 6.45) is 4.68. The van der Waals surface area contributed by atoms with Gasteiger partial charge in [-0.2, -0.15) is 5.10 Å². The minimum Gasteiger partial charge on any atom is -0.310 e. The van der Waals surface area contributed by atoms with Crippen molar-refractivity contribution in [2.75, 3.05) is 25.0 Å². The summed E-state index contributed by atoms with van der Waals surface area (Å²) in [4.78, 5) is 18.7. The molecule has 3 aromatic rings. The molecule has 1 saturated heterocycles. The quantitative estimate of drug-likeness (QED) is 0.753. The third kappa shape index (κ3) is 3.83. The van der Waals surface area contributed by atoms with E-state index in [1.807, 2.05) is 42.5 Å². The fourth-order valence-electron chi connectivity index (χ4n) is 3.43. The molecule has 1 aromatic carbocycles. The Morgan fingerprint density at radius 1 is 1.26 bits per heavy atom. The van der Waals surface area contributed by atoms with Gasteiger partial charge in [-0.25, -0.2) is 9.37 Å². The van der Waals surface area contributed by atoms with E-state index in [0.29, 0.717) is 25.5 Å². The van der Waals surface area contributed by atoms with E-state index in [1.54, 1.807) is 10.9 Å². The highest BCUT2D eigenvalue weighted by Crippen LogP contribution is 2.25. The Morgan fingerprint density at radius 3 is 2.78 bits per heavy atom. The molecular formula is C20H22FN5O. The van der Waals surface area contributed by atoms with Gasteiger partial charge in [0.25, 0.3) is 0 Å². The first-order valence-corrected chi connectivity index (χ1v) is 9.04. The first-order valence-electron chi connectivity index (χ1n) is 9.04. The number of rotatable bonds is 5. The molecule has 1 unspecified atom stereocenters. The van der Waals surface area contributed by atoms with Crippen molar-refractivity contribution in [2.24, 2.45) is 13.0 Å². The number of aryl methyl sites for hydroxylation is 1. The van der Waals surface area contributed by atoms with E-state index >= 15 is 0 Å². The molecule has 3 heterocycles. The summed E-state index contributed by atoms with van der Waals surface area (Å²) in [5.74, 6) is 0.365. The van der Waals surface area contributed by atoms with Crippen molar-refractivity contribution in [2.45, 2.75) is 13.1 Å². The van der Waals surface area contributed by atoms with Crippen LogP contribution in [-0.4, -0.2) is 51.4 Å². The monoisotopic (exact) mass is 367 g/mol. The zero-order valence-corrected chi connectivity index (χ0v) is 15.4. The zero-order chi connectivity index (χ0) is 19.0. The summed E-state index contributed by atoms with van der Waals surface area (Å²) in [6.45, 7) is 3.11. The van der Waals surface area contributed by atoms with Crippen LogP contribution in [0.3, 0.4) is 0 Å². The van der Waals surface area contributed by atoms with Crippen LogP contribution in [0.25, 0.3) is 21.9 Å². The fourth-order valence-corrected chi connectivity index (χ4v) is 3.43. The van der Waals surface area contributed by atoms with Crippen LogP contribution < -0.4 is 5.32 Å². The number of nitrogens with one attached hydrogen (secondary N) is 1. The highest BCUT2D eigenvalue weighted by molar-refractivity contribution is 5.95. The maximum Gasteiger partial charge on any atom is 0.231 e. The highest BCUT2D eigenvalue weighted by Gasteiger charge is 2.33. The molecule has 0 bridgehead atoms. The second-order valence-corrected chi connectivity index (χ2v) is 7.22. The number of pyridine rings is 1. The number of likely N-dealkylation sites (tertiary alicyclic amines) is 1. The minimum atomic E-state index is -0.870. The molecule has 1 amide bonds. The average molecular weight is 367 g/mol. The maximum absolute atomic E-state index is 13.0. The number of carbonyl (C=O) groups excluding carboxylic acids is 1. The van der Waals surface area contributed by atoms with E-state index < -0.39 is 6.17 Å². The summed E-state index contributed by atoms with van der Waals surface area (Å²) in [5, 5.41) is 9.11.